The monoisotopic (exact) mass is 253 g/mol. The van der Waals surface area contributed by atoms with Gasteiger partial charge in [0.15, 0.2) is 5.65 Å². The van der Waals surface area contributed by atoms with Crippen LogP contribution in [0.1, 0.15) is 12.8 Å². The zero-order valence-electron chi connectivity index (χ0n) is 9.10. The van der Waals surface area contributed by atoms with Gasteiger partial charge >= 0.3 is 0 Å². The number of fused-ring (bicyclic) bond motifs is 1. The van der Waals surface area contributed by atoms with Gasteiger partial charge in [-0.2, -0.15) is 15.1 Å². The summed E-state index contributed by atoms with van der Waals surface area (Å²) in [7, 11) is 0. The number of hydrogen-bond acceptors (Lipinski definition) is 5. The molecule has 3 heterocycles. The van der Waals surface area contributed by atoms with Crippen LogP contribution in [0.5, 0.6) is 0 Å². The minimum absolute atomic E-state index is 0.110. The first-order valence-electron chi connectivity index (χ1n) is 5.53. The number of nitrogens with one attached hydrogen (secondary N) is 1. The molecule has 0 aromatic carbocycles. The van der Waals surface area contributed by atoms with Crippen molar-refractivity contribution in [2.24, 2.45) is 0 Å². The summed E-state index contributed by atoms with van der Waals surface area (Å²) in [5, 5.41) is 17.1. The fourth-order valence-corrected chi connectivity index (χ4v) is 2.48. The summed E-state index contributed by atoms with van der Waals surface area (Å²) < 4.78 is 0. The van der Waals surface area contributed by atoms with Gasteiger partial charge in [-0.05, 0) is 24.4 Å². The van der Waals surface area contributed by atoms with Crippen LogP contribution in [0.2, 0.25) is 5.28 Å². The molecule has 2 N–H and O–H groups in total. The van der Waals surface area contributed by atoms with Crippen molar-refractivity contribution < 1.29 is 5.11 Å². The van der Waals surface area contributed by atoms with E-state index >= 15 is 0 Å². The fourth-order valence-electron chi connectivity index (χ4n) is 2.32. The Morgan fingerprint density at radius 1 is 1.53 bits per heavy atom. The van der Waals surface area contributed by atoms with E-state index in [-0.39, 0.29) is 17.9 Å². The molecule has 0 bridgehead atoms. The second-order valence-electron chi connectivity index (χ2n) is 4.12. The van der Waals surface area contributed by atoms with Crippen LogP contribution < -0.4 is 4.90 Å². The number of hydrogen-bond donors (Lipinski definition) is 2. The van der Waals surface area contributed by atoms with Gasteiger partial charge in [0.25, 0.3) is 0 Å². The summed E-state index contributed by atoms with van der Waals surface area (Å²) in [5.74, 6) is 0.755. The lowest BCUT2D eigenvalue weighted by Crippen LogP contribution is -2.32. The first-order valence-corrected chi connectivity index (χ1v) is 5.91. The van der Waals surface area contributed by atoms with Gasteiger partial charge < -0.3 is 10.0 Å². The van der Waals surface area contributed by atoms with E-state index in [4.69, 9.17) is 11.6 Å². The van der Waals surface area contributed by atoms with E-state index in [1.165, 1.54) is 0 Å². The van der Waals surface area contributed by atoms with Crippen LogP contribution in [0, 0.1) is 0 Å². The molecular formula is C10H12ClN5O. The van der Waals surface area contributed by atoms with Crippen LogP contribution in [0.4, 0.5) is 5.82 Å². The van der Waals surface area contributed by atoms with Gasteiger partial charge in [-0.1, -0.05) is 0 Å². The topological polar surface area (TPSA) is 77.9 Å². The molecule has 7 heteroatoms. The van der Waals surface area contributed by atoms with Gasteiger partial charge in [0.05, 0.1) is 24.2 Å². The van der Waals surface area contributed by atoms with Crippen molar-refractivity contribution in [2.75, 3.05) is 18.1 Å². The van der Waals surface area contributed by atoms with Gasteiger partial charge in [-0.3, -0.25) is 5.10 Å². The Morgan fingerprint density at radius 2 is 2.41 bits per heavy atom. The lowest BCUT2D eigenvalue weighted by atomic mass is 10.2. The van der Waals surface area contributed by atoms with E-state index in [9.17, 15) is 5.11 Å². The second-order valence-corrected chi connectivity index (χ2v) is 4.46. The summed E-state index contributed by atoms with van der Waals surface area (Å²) in [5.41, 5.74) is 0.628. The Morgan fingerprint density at radius 3 is 3.24 bits per heavy atom. The van der Waals surface area contributed by atoms with Crippen molar-refractivity contribution in [1.29, 1.82) is 0 Å². The number of aliphatic hydroxyl groups is 1. The SMILES string of the molecule is OCC1CCCN1c1nc(Cl)nc2[nH]ncc12. The highest BCUT2D eigenvalue weighted by molar-refractivity contribution is 6.28. The number of nitrogens with zero attached hydrogens (tertiary/aromatic N) is 4. The number of halogens is 1. The van der Waals surface area contributed by atoms with Crippen molar-refractivity contribution >= 4 is 28.5 Å². The number of H-pyrrole nitrogens is 1. The summed E-state index contributed by atoms with van der Waals surface area (Å²) in [6, 6.07) is 0.110. The van der Waals surface area contributed by atoms with Gasteiger partial charge in [0, 0.05) is 6.54 Å². The molecule has 2 aromatic rings. The van der Waals surface area contributed by atoms with Gasteiger partial charge in [-0.25, -0.2) is 0 Å². The molecule has 0 spiro atoms. The van der Waals surface area contributed by atoms with E-state index in [2.05, 4.69) is 25.1 Å². The third kappa shape index (κ3) is 1.73. The first kappa shape index (κ1) is 10.7. The Balaban J connectivity index is 2.12. The second kappa shape index (κ2) is 4.12. The maximum atomic E-state index is 9.35. The van der Waals surface area contributed by atoms with Crippen LogP contribution in [0.25, 0.3) is 11.0 Å². The fraction of sp³-hybridized carbons (Fsp3) is 0.500. The van der Waals surface area contributed by atoms with Crippen molar-refractivity contribution in [2.45, 2.75) is 18.9 Å². The molecule has 1 atom stereocenters. The van der Waals surface area contributed by atoms with E-state index in [0.29, 0.717) is 5.65 Å². The smallest absolute Gasteiger partial charge is 0.226 e. The average Bonchev–Trinajstić information content (AvgIpc) is 2.95. The quantitative estimate of drug-likeness (QED) is 0.780. The van der Waals surface area contributed by atoms with Crippen molar-refractivity contribution in [3.63, 3.8) is 0 Å². The molecule has 90 valence electrons. The lowest BCUT2D eigenvalue weighted by molar-refractivity contribution is 0.266. The molecule has 1 aliphatic rings. The Kier molecular flexibility index (Phi) is 2.60. The molecule has 17 heavy (non-hydrogen) atoms. The molecule has 1 unspecified atom stereocenters. The summed E-state index contributed by atoms with van der Waals surface area (Å²) >= 11 is 5.89. The molecule has 3 rings (SSSR count). The standard InChI is InChI=1S/C10H12ClN5O/c11-10-13-8-7(4-12-15-8)9(14-10)16-3-1-2-6(16)5-17/h4,6,17H,1-3,5H2,(H,12,13,14,15). The van der Waals surface area contributed by atoms with Gasteiger partial charge in [-0.15, -0.1) is 0 Å². The highest BCUT2D eigenvalue weighted by Gasteiger charge is 2.27. The molecule has 0 saturated carbocycles. The van der Waals surface area contributed by atoms with Crippen LogP contribution in [0.15, 0.2) is 6.20 Å². The summed E-state index contributed by atoms with van der Waals surface area (Å²) in [6.07, 6.45) is 3.71. The number of anilines is 1. The van der Waals surface area contributed by atoms with Crippen LogP contribution >= 0.6 is 11.6 Å². The zero-order chi connectivity index (χ0) is 11.8. The average molecular weight is 254 g/mol. The Bertz CT molecular complexity index is 542. The predicted octanol–water partition coefficient (Wildman–Crippen LogP) is 0.967. The molecule has 1 fully saturated rings. The predicted molar refractivity (Wildman–Crippen MR) is 64.1 cm³/mol. The number of aromatic nitrogens is 4. The van der Waals surface area contributed by atoms with E-state index in [0.717, 1.165) is 30.6 Å². The number of aliphatic hydroxyl groups excluding tert-OH is 1. The largest absolute Gasteiger partial charge is 0.394 e. The summed E-state index contributed by atoms with van der Waals surface area (Å²) in [6.45, 7) is 1.000. The van der Waals surface area contributed by atoms with Gasteiger partial charge in [0.1, 0.15) is 5.82 Å². The number of aromatic amines is 1. The Labute approximate surface area is 103 Å². The van der Waals surface area contributed by atoms with Crippen LogP contribution in [-0.2, 0) is 0 Å². The molecule has 0 aliphatic carbocycles. The maximum Gasteiger partial charge on any atom is 0.226 e. The molecule has 1 aliphatic heterocycles. The van der Waals surface area contributed by atoms with Crippen LogP contribution in [-0.4, -0.2) is 44.5 Å². The zero-order valence-corrected chi connectivity index (χ0v) is 9.85. The lowest BCUT2D eigenvalue weighted by Gasteiger charge is -2.24. The Hall–Kier alpha value is -1.40. The molecule has 2 aromatic heterocycles. The number of rotatable bonds is 2. The minimum atomic E-state index is 0.110. The highest BCUT2D eigenvalue weighted by atomic mass is 35.5. The molecule has 0 amide bonds. The van der Waals surface area contributed by atoms with Crippen LogP contribution in [0.3, 0.4) is 0 Å². The highest BCUT2D eigenvalue weighted by Crippen LogP contribution is 2.29. The van der Waals surface area contributed by atoms with E-state index in [1.807, 2.05) is 0 Å². The first-order chi connectivity index (χ1) is 8.29. The third-order valence-electron chi connectivity index (χ3n) is 3.12. The normalized spacial score (nSPS) is 20.4. The maximum absolute atomic E-state index is 9.35. The molecular weight excluding hydrogens is 242 g/mol. The van der Waals surface area contributed by atoms with E-state index < -0.39 is 0 Å². The van der Waals surface area contributed by atoms with E-state index in [1.54, 1.807) is 6.20 Å². The summed E-state index contributed by atoms with van der Waals surface area (Å²) in [4.78, 5) is 10.4. The van der Waals surface area contributed by atoms with Gasteiger partial charge in [0.2, 0.25) is 5.28 Å². The molecule has 1 saturated heterocycles. The van der Waals surface area contributed by atoms with Crippen molar-refractivity contribution in [3.8, 4) is 0 Å². The third-order valence-corrected chi connectivity index (χ3v) is 3.29. The van der Waals surface area contributed by atoms with Crippen molar-refractivity contribution in [1.82, 2.24) is 20.2 Å². The minimum Gasteiger partial charge on any atom is -0.394 e. The van der Waals surface area contributed by atoms with Crippen molar-refractivity contribution in [3.05, 3.63) is 11.5 Å². The molecule has 6 nitrogen and oxygen atoms in total. The molecule has 0 radical (unpaired) electrons.